The number of rotatable bonds is 4. The van der Waals surface area contributed by atoms with Gasteiger partial charge in [-0.05, 0) is 82.5 Å². The third-order valence-corrected chi connectivity index (χ3v) is 7.37. The molecule has 5 aliphatic rings. The number of ether oxygens (including phenoxy) is 1. The lowest BCUT2D eigenvalue weighted by Gasteiger charge is -2.56. The van der Waals surface area contributed by atoms with Gasteiger partial charge in [0.25, 0.3) is 0 Å². The maximum Gasteiger partial charge on any atom is 0.312 e. The minimum atomic E-state index is -0.300. The van der Waals surface area contributed by atoms with E-state index in [1.165, 1.54) is 51.4 Å². The second kappa shape index (κ2) is 5.77. The molecule has 0 amide bonds. The quantitative estimate of drug-likeness (QED) is 0.640. The Kier molecular flexibility index (Phi) is 4.01. The molecule has 0 aromatic heterocycles. The van der Waals surface area contributed by atoms with E-state index in [-0.39, 0.29) is 17.0 Å². The Labute approximate surface area is 141 Å². The molecule has 4 bridgehead atoms. The SMILES string of the molecule is CC(C)(CC1CCCCC1)C(=O)OC12CC3CC(CC(C3)C1)C2. The van der Waals surface area contributed by atoms with E-state index in [0.717, 1.165) is 49.4 Å². The van der Waals surface area contributed by atoms with E-state index in [9.17, 15) is 4.79 Å². The third kappa shape index (κ3) is 3.20. The van der Waals surface area contributed by atoms with Crippen molar-refractivity contribution in [3.8, 4) is 0 Å². The van der Waals surface area contributed by atoms with Crippen molar-refractivity contribution < 1.29 is 9.53 Å². The molecule has 5 rings (SSSR count). The first-order valence-electron chi connectivity index (χ1n) is 10.2. The van der Waals surface area contributed by atoms with Crippen molar-refractivity contribution in [3.05, 3.63) is 0 Å². The fraction of sp³-hybridized carbons (Fsp3) is 0.952. The molecule has 5 saturated carbocycles. The molecule has 0 aliphatic heterocycles. The van der Waals surface area contributed by atoms with Gasteiger partial charge in [-0.15, -0.1) is 0 Å². The predicted octanol–water partition coefficient (Wildman–Crippen LogP) is 5.50. The topological polar surface area (TPSA) is 26.3 Å². The van der Waals surface area contributed by atoms with E-state index in [4.69, 9.17) is 4.74 Å². The molecule has 0 aromatic carbocycles. The van der Waals surface area contributed by atoms with Gasteiger partial charge in [0.1, 0.15) is 5.60 Å². The zero-order valence-electron chi connectivity index (χ0n) is 15.1. The zero-order valence-corrected chi connectivity index (χ0v) is 15.1. The molecule has 0 unspecified atom stereocenters. The fourth-order valence-electron chi connectivity index (χ4n) is 6.69. The van der Waals surface area contributed by atoms with Crippen LogP contribution in [0.4, 0.5) is 0 Å². The maximum atomic E-state index is 13.0. The average molecular weight is 319 g/mol. The second-order valence-corrected chi connectivity index (χ2v) is 10.1. The van der Waals surface area contributed by atoms with Gasteiger partial charge in [-0.1, -0.05) is 32.1 Å². The molecule has 0 atom stereocenters. The molecule has 0 N–H and O–H groups in total. The van der Waals surface area contributed by atoms with Gasteiger partial charge in [0, 0.05) is 0 Å². The highest BCUT2D eigenvalue weighted by molar-refractivity contribution is 5.76. The largest absolute Gasteiger partial charge is 0.459 e. The predicted molar refractivity (Wildman–Crippen MR) is 92.0 cm³/mol. The summed E-state index contributed by atoms with van der Waals surface area (Å²) >= 11 is 0. The molecule has 0 saturated heterocycles. The lowest BCUT2D eigenvalue weighted by atomic mass is 9.54. The number of hydrogen-bond donors (Lipinski definition) is 0. The van der Waals surface area contributed by atoms with Crippen LogP contribution in [0.25, 0.3) is 0 Å². The van der Waals surface area contributed by atoms with Crippen LogP contribution < -0.4 is 0 Å². The van der Waals surface area contributed by atoms with Crippen LogP contribution in [0.5, 0.6) is 0 Å². The maximum absolute atomic E-state index is 13.0. The molecule has 0 heterocycles. The Morgan fingerprint density at radius 2 is 1.48 bits per heavy atom. The Balaban J connectivity index is 1.40. The van der Waals surface area contributed by atoms with E-state index in [2.05, 4.69) is 13.8 Å². The van der Waals surface area contributed by atoms with Gasteiger partial charge in [-0.25, -0.2) is 0 Å². The van der Waals surface area contributed by atoms with E-state index < -0.39 is 0 Å². The van der Waals surface area contributed by atoms with Crippen molar-refractivity contribution in [2.45, 2.75) is 96.5 Å². The van der Waals surface area contributed by atoms with E-state index >= 15 is 0 Å². The Morgan fingerprint density at radius 1 is 0.957 bits per heavy atom. The van der Waals surface area contributed by atoms with Crippen LogP contribution in [0.2, 0.25) is 0 Å². The van der Waals surface area contributed by atoms with Crippen LogP contribution in [0, 0.1) is 29.1 Å². The first-order valence-corrected chi connectivity index (χ1v) is 10.2. The number of carbonyl (C=O) groups excluding carboxylic acids is 1. The van der Waals surface area contributed by atoms with Crippen LogP contribution in [0.3, 0.4) is 0 Å². The first kappa shape index (κ1) is 16.0. The van der Waals surface area contributed by atoms with Gasteiger partial charge in [-0.3, -0.25) is 4.79 Å². The lowest BCUT2D eigenvalue weighted by Crippen LogP contribution is -2.54. The van der Waals surface area contributed by atoms with Gasteiger partial charge < -0.3 is 4.74 Å². The van der Waals surface area contributed by atoms with Gasteiger partial charge in [0.05, 0.1) is 5.41 Å². The van der Waals surface area contributed by atoms with Crippen LogP contribution in [0.15, 0.2) is 0 Å². The summed E-state index contributed by atoms with van der Waals surface area (Å²) in [7, 11) is 0. The summed E-state index contributed by atoms with van der Waals surface area (Å²) in [6, 6.07) is 0. The number of esters is 1. The zero-order chi connectivity index (χ0) is 16.1. The third-order valence-electron chi connectivity index (χ3n) is 7.37. The van der Waals surface area contributed by atoms with E-state index in [1.807, 2.05) is 0 Å². The van der Waals surface area contributed by atoms with Crippen LogP contribution >= 0.6 is 0 Å². The highest BCUT2D eigenvalue weighted by Crippen LogP contribution is 2.57. The second-order valence-electron chi connectivity index (χ2n) is 10.1. The first-order chi connectivity index (χ1) is 10.9. The molecular formula is C21H34O2. The number of carbonyl (C=O) groups is 1. The minimum Gasteiger partial charge on any atom is -0.459 e. The summed E-state index contributed by atoms with van der Waals surface area (Å²) in [4.78, 5) is 13.0. The molecular weight excluding hydrogens is 284 g/mol. The normalized spacial score (nSPS) is 40.3. The molecule has 130 valence electrons. The van der Waals surface area contributed by atoms with Gasteiger partial charge >= 0.3 is 5.97 Å². The average Bonchev–Trinajstić information content (AvgIpc) is 2.45. The van der Waals surface area contributed by atoms with Crippen LogP contribution in [-0.4, -0.2) is 11.6 Å². The lowest BCUT2D eigenvalue weighted by molar-refractivity contribution is -0.196. The minimum absolute atomic E-state index is 0.0737. The monoisotopic (exact) mass is 318 g/mol. The smallest absolute Gasteiger partial charge is 0.312 e. The standard InChI is InChI=1S/C21H34O2/c1-20(2,11-15-6-4-3-5-7-15)19(22)23-21-12-16-8-17(13-21)10-18(9-16)14-21/h15-18H,3-14H2,1-2H3. The van der Waals surface area contributed by atoms with Crippen LogP contribution in [0.1, 0.15) is 90.9 Å². The summed E-state index contributed by atoms with van der Waals surface area (Å²) < 4.78 is 6.32. The van der Waals surface area contributed by atoms with Gasteiger partial charge in [0.15, 0.2) is 0 Å². The van der Waals surface area contributed by atoms with Crippen molar-refractivity contribution in [2.24, 2.45) is 29.1 Å². The molecule has 0 radical (unpaired) electrons. The van der Waals surface area contributed by atoms with Crippen molar-refractivity contribution >= 4 is 5.97 Å². The van der Waals surface area contributed by atoms with E-state index in [1.54, 1.807) is 0 Å². The van der Waals surface area contributed by atoms with Gasteiger partial charge in [0.2, 0.25) is 0 Å². The molecule has 5 aliphatic carbocycles. The molecule has 5 fully saturated rings. The van der Waals surface area contributed by atoms with Gasteiger partial charge in [-0.2, -0.15) is 0 Å². The highest BCUT2D eigenvalue weighted by Gasteiger charge is 2.54. The number of hydrogen-bond acceptors (Lipinski definition) is 2. The molecule has 2 heteroatoms. The molecule has 0 aromatic rings. The van der Waals surface area contributed by atoms with E-state index in [0.29, 0.717) is 0 Å². The summed E-state index contributed by atoms with van der Waals surface area (Å²) in [5, 5.41) is 0. The summed E-state index contributed by atoms with van der Waals surface area (Å²) in [5.41, 5.74) is -0.374. The van der Waals surface area contributed by atoms with Crippen molar-refractivity contribution in [3.63, 3.8) is 0 Å². The summed E-state index contributed by atoms with van der Waals surface area (Å²) in [6.07, 6.45) is 15.4. The highest BCUT2D eigenvalue weighted by atomic mass is 16.6. The Bertz CT molecular complexity index is 423. The Hall–Kier alpha value is -0.530. The van der Waals surface area contributed by atoms with Crippen LogP contribution in [-0.2, 0) is 9.53 Å². The Morgan fingerprint density at radius 3 is 2.00 bits per heavy atom. The van der Waals surface area contributed by atoms with Crippen molar-refractivity contribution in [1.29, 1.82) is 0 Å². The fourth-order valence-corrected chi connectivity index (χ4v) is 6.69. The summed E-state index contributed by atoms with van der Waals surface area (Å²) in [6.45, 7) is 4.26. The van der Waals surface area contributed by atoms with Crippen molar-refractivity contribution in [2.75, 3.05) is 0 Å². The molecule has 2 nitrogen and oxygen atoms in total. The molecule has 0 spiro atoms. The molecule has 23 heavy (non-hydrogen) atoms. The summed E-state index contributed by atoms with van der Waals surface area (Å²) in [5.74, 6) is 3.37. The van der Waals surface area contributed by atoms with Crippen molar-refractivity contribution in [1.82, 2.24) is 0 Å².